The summed E-state index contributed by atoms with van der Waals surface area (Å²) in [5.74, 6) is 0. The van der Waals surface area contributed by atoms with E-state index in [1.165, 1.54) is 7.11 Å². The van der Waals surface area contributed by atoms with E-state index in [-0.39, 0.29) is 6.54 Å². The van der Waals surface area contributed by atoms with Crippen LogP contribution in [0.5, 0.6) is 0 Å². The number of ether oxygens (including phenoxy) is 1. The molecule has 0 aromatic heterocycles. The maximum atomic E-state index is 10.4. The summed E-state index contributed by atoms with van der Waals surface area (Å²) < 4.78 is 4.75. The zero-order valence-electron chi connectivity index (χ0n) is 8.14. The molecule has 0 amide bonds. The molecule has 84 valence electrons. The molecule has 0 saturated carbocycles. The van der Waals surface area contributed by atoms with Crippen LogP contribution in [0.1, 0.15) is 0 Å². The first-order valence-electron chi connectivity index (χ1n) is 4.23. The number of methoxy groups -OCH3 is 1. The van der Waals surface area contributed by atoms with E-state index >= 15 is 0 Å². The number of hydrogen-bond donors (Lipinski definition) is 4. The Morgan fingerprint density at radius 1 is 1.36 bits per heavy atom. The van der Waals surface area contributed by atoms with E-state index in [1.807, 2.05) is 0 Å². The fraction of sp³-hybridized carbons (Fsp3) is 0.875. The lowest BCUT2D eigenvalue weighted by Gasteiger charge is -2.29. The zero-order valence-corrected chi connectivity index (χ0v) is 8.14. The molecule has 0 heterocycles. The van der Waals surface area contributed by atoms with E-state index in [9.17, 15) is 4.79 Å². The van der Waals surface area contributed by atoms with Gasteiger partial charge in [0.2, 0.25) is 0 Å². The standard InChI is InChI=1S/C8H17NO5/c1-14-7(3-10)2-9-8(4-11,5-12)6-13/h3,7,9,11-13H,2,4-6H2,1H3. The first kappa shape index (κ1) is 13.5. The van der Waals surface area contributed by atoms with Crippen LogP contribution in [-0.4, -0.2) is 66.7 Å². The molecule has 6 nitrogen and oxygen atoms in total. The van der Waals surface area contributed by atoms with E-state index in [1.54, 1.807) is 0 Å². The predicted molar refractivity (Wildman–Crippen MR) is 48.9 cm³/mol. The number of carbonyl (C=O) groups is 1. The van der Waals surface area contributed by atoms with Crippen LogP contribution in [0.15, 0.2) is 0 Å². The highest BCUT2D eigenvalue weighted by Gasteiger charge is 2.28. The van der Waals surface area contributed by atoms with Gasteiger partial charge in [-0.25, -0.2) is 0 Å². The monoisotopic (exact) mass is 207 g/mol. The Morgan fingerprint density at radius 3 is 2.14 bits per heavy atom. The molecule has 1 unspecified atom stereocenters. The molecule has 4 N–H and O–H groups in total. The van der Waals surface area contributed by atoms with Gasteiger partial charge in [-0.15, -0.1) is 0 Å². The minimum atomic E-state index is -1.17. The average molecular weight is 207 g/mol. The smallest absolute Gasteiger partial charge is 0.150 e. The van der Waals surface area contributed by atoms with Crippen molar-refractivity contribution in [1.82, 2.24) is 5.32 Å². The summed E-state index contributed by atoms with van der Waals surface area (Å²) in [5, 5.41) is 29.4. The number of carbonyl (C=O) groups excluding carboxylic acids is 1. The normalized spacial score (nSPS) is 14.0. The molecule has 0 spiro atoms. The summed E-state index contributed by atoms with van der Waals surface area (Å²) in [4.78, 5) is 10.4. The lowest BCUT2D eigenvalue weighted by Crippen LogP contribution is -2.56. The Bertz CT molecular complexity index is 152. The van der Waals surface area contributed by atoms with Crippen LogP contribution in [0, 0.1) is 0 Å². The summed E-state index contributed by atoms with van der Waals surface area (Å²) in [6.45, 7) is -1.14. The molecular weight excluding hydrogens is 190 g/mol. The van der Waals surface area contributed by atoms with Crippen LogP contribution in [0.3, 0.4) is 0 Å². The number of aldehydes is 1. The topological polar surface area (TPSA) is 99.0 Å². The summed E-state index contributed by atoms with van der Waals surface area (Å²) in [5.41, 5.74) is -1.17. The van der Waals surface area contributed by atoms with Crippen LogP contribution in [0.4, 0.5) is 0 Å². The zero-order chi connectivity index (χ0) is 11.0. The van der Waals surface area contributed by atoms with Gasteiger partial charge >= 0.3 is 0 Å². The highest BCUT2D eigenvalue weighted by atomic mass is 16.5. The quantitative estimate of drug-likeness (QED) is 0.329. The molecule has 0 aromatic rings. The molecule has 0 aliphatic carbocycles. The maximum Gasteiger partial charge on any atom is 0.150 e. The second-order valence-electron chi connectivity index (χ2n) is 3.05. The van der Waals surface area contributed by atoms with Gasteiger partial charge in [0.05, 0.1) is 25.4 Å². The lowest BCUT2D eigenvalue weighted by molar-refractivity contribution is -0.116. The molecule has 0 bridgehead atoms. The van der Waals surface area contributed by atoms with Crippen LogP contribution in [-0.2, 0) is 9.53 Å². The third-order valence-electron chi connectivity index (χ3n) is 2.04. The van der Waals surface area contributed by atoms with Gasteiger partial charge in [0.1, 0.15) is 12.4 Å². The summed E-state index contributed by atoms with van der Waals surface area (Å²) in [7, 11) is 1.37. The second-order valence-corrected chi connectivity index (χ2v) is 3.05. The Morgan fingerprint density at radius 2 is 1.86 bits per heavy atom. The van der Waals surface area contributed by atoms with Gasteiger partial charge in [-0.1, -0.05) is 0 Å². The summed E-state index contributed by atoms with van der Waals surface area (Å²) in [6.07, 6.45) is -0.0526. The first-order chi connectivity index (χ1) is 6.67. The van der Waals surface area contributed by atoms with Crippen molar-refractivity contribution in [2.45, 2.75) is 11.6 Å². The van der Waals surface area contributed by atoms with Crippen LogP contribution in [0.25, 0.3) is 0 Å². The minimum absolute atomic E-state index is 0.127. The average Bonchev–Trinajstić information content (AvgIpc) is 2.26. The summed E-state index contributed by atoms with van der Waals surface area (Å²) in [6, 6.07) is 0. The van der Waals surface area contributed by atoms with Gasteiger partial charge < -0.3 is 30.2 Å². The van der Waals surface area contributed by atoms with E-state index in [0.717, 1.165) is 0 Å². The third-order valence-corrected chi connectivity index (χ3v) is 2.04. The minimum Gasteiger partial charge on any atom is -0.394 e. The molecule has 0 fully saturated rings. The fourth-order valence-corrected chi connectivity index (χ4v) is 0.822. The van der Waals surface area contributed by atoms with E-state index in [0.29, 0.717) is 6.29 Å². The fourth-order valence-electron chi connectivity index (χ4n) is 0.822. The highest BCUT2D eigenvalue weighted by molar-refractivity contribution is 5.56. The van der Waals surface area contributed by atoms with E-state index in [2.05, 4.69) is 5.32 Å². The van der Waals surface area contributed by atoms with Crippen molar-refractivity contribution in [3.8, 4) is 0 Å². The van der Waals surface area contributed by atoms with E-state index < -0.39 is 31.5 Å². The van der Waals surface area contributed by atoms with Crippen molar-refractivity contribution in [3.63, 3.8) is 0 Å². The van der Waals surface area contributed by atoms with Gasteiger partial charge in [0.25, 0.3) is 0 Å². The van der Waals surface area contributed by atoms with Gasteiger partial charge in [-0.05, 0) is 0 Å². The summed E-state index contributed by atoms with van der Waals surface area (Å²) >= 11 is 0. The number of rotatable bonds is 8. The van der Waals surface area contributed by atoms with Gasteiger partial charge in [-0.3, -0.25) is 0 Å². The molecule has 0 aliphatic rings. The van der Waals surface area contributed by atoms with Crippen LogP contribution in [0.2, 0.25) is 0 Å². The lowest BCUT2D eigenvalue weighted by atomic mass is 10.0. The SMILES string of the molecule is COC(C=O)CNC(CO)(CO)CO. The Kier molecular flexibility index (Phi) is 6.60. The molecule has 6 heteroatoms. The first-order valence-corrected chi connectivity index (χ1v) is 4.23. The Hall–Kier alpha value is -0.530. The van der Waals surface area contributed by atoms with Crippen LogP contribution < -0.4 is 5.32 Å². The van der Waals surface area contributed by atoms with Crippen molar-refractivity contribution in [1.29, 1.82) is 0 Å². The largest absolute Gasteiger partial charge is 0.394 e. The highest BCUT2D eigenvalue weighted by Crippen LogP contribution is 2.01. The number of hydrogen-bond acceptors (Lipinski definition) is 6. The van der Waals surface area contributed by atoms with Gasteiger partial charge in [0.15, 0.2) is 0 Å². The third kappa shape index (κ3) is 3.69. The number of aliphatic hydroxyl groups is 3. The molecule has 0 aliphatic heterocycles. The van der Waals surface area contributed by atoms with Crippen molar-refractivity contribution < 1.29 is 24.9 Å². The molecule has 0 rings (SSSR count). The number of nitrogens with one attached hydrogen (secondary N) is 1. The molecule has 14 heavy (non-hydrogen) atoms. The van der Waals surface area contributed by atoms with Gasteiger partial charge in [-0.2, -0.15) is 0 Å². The second kappa shape index (κ2) is 6.86. The molecule has 0 saturated heterocycles. The van der Waals surface area contributed by atoms with Crippen molar-refractivity contribution in [2.24, 2.45) is 0 Å². The molecule has 1 atom stereocenters. The van der Waals surface area contributed by atoms with Crippen LogP contribution >= 0.6 is 0 Å². The van der Waals surface area contributed by atoms with Crippen molar-refractivity contribution >= 4 is 6.29 Å². The molecule has 0 aromatic carbocycles. The molecular formula is C8H17NO5. The predicted octanol–water partition coefficient (Wildman–Crippen LogP) is -2.49. The van der Waals surface area contributed by atoms with E-state index in [4.69, 9.17) is 20.1 Å². The maximum absolute atomic E-state index is 10.4. The number of aliphatic hydroxyl groups excluding tert-OH is 3. The Balaban J connectivity index is 4.10. The van der Waals surface area contributed by atoms with Crippen molar-refractivity contribution in [3.05, 3.63) is 0 Å². The van der Waals surface area contributed by atoms with Crippen molar-refractivity contribution in [2.75, 3.05) is 33.5 Å². The molecule has 0 radical (unpaired) electrons. The Labute approximate surface area is 82.5 Å². The van der Waals surface area contributed by atoms with Gasteiger partial charge in [0, 0.05) is 13.7 Å².